The Balaban J connectivity index is 0. The molecule has 0 aliphatic carbocycles. The van der Waals surface area contributed by atoms with Crippen molar-refractivity contribution < 1.29 is 30.5 Å². The molecule has 0 spiro atoms. The SMILES string of the molecule is CCCC[c-]1cccc1.CCCC[c-]1cccc1.CCOCl.[Zr+2]. The number of hydrogen-bond acceptors (Lipinski definition) is 1. The predicted molar refractivity (Wildman–Crippen MR) is 98.8 cm³/mol. The Labute approximate surface area is 167 Å². The summed E-state index contributed by atoms with van der Waals surface area (Å²) in [6.07, 6.45) is 7.75. The van der Waals surface area contributed by atoms with Crippen molar-refractivity contribution in [3.63, 3.8) is 0 Å². The molecule has 0 heterocycles. The molecule has 0 fully saturated rings. The van der Waals surface area contributed by atoms with Crippen LogP contribution in [0, 0.1) is 0 Å². The number of halogens is 1. The third-order valence-electron chi connectivity index (χ3n) is 3.21. The Hall–Kier alpha value is -0.167. The quantitative estimate of drug-likeness (QED) is 0.460. The maximum absolute atomic E-state index is 4.69. The van der Waals surface area contributed by atoms with Crippen molar-refractivity contribution in [1.29, 1.82) is 0 Å². The summed E-state index contributed by atoms with van der Waals surface area (Å²) >= 11 is 4.69. The number of aryl methyl sites for hydroxylation is 2. The zero-order valence-corrected chi connectivity index (χ0v) is 18.1. The van der Waals surface area contributed by atoms with Crippen molar-refractivity contribution in [3.05, 3.63) is 59.7 Å². The molecule has 2 aromatic carbocycles. The largest absolute Gasteiger partial charge is 2.00 e. The van der Waals surface area contributed by atoms with Crippen molar-refractivity contribution in [2.45, 2.75) is 59.3 Å². The first-order chi connectivity index (χ1) is 10.8. The number of rotatable bonds is 7. The van der Waals surface area contributed by atoms with Crippen LogP contribution in [-0.4, -0.2) is 6.61 Å². The van der Waals surface area contributed by atoms with E-state index >= 15 is 0 Å². The van der Waals surface area contributed by atoms with E-state index in [1.54, 1.807) is 0 Å². The number of hydrogen-bond donors (Lipinski definition) is 0. The normalized spacial score (nSPS) is 9.04. The topological polar surface area (TPSA) is 9.23 Å². The molecule has 2 rings (SSSR count). The molecule has 0 unspecified atom stereocenters. The van der Waals surface area contributed by atoms with E-state index in [0.717, 1.165) is 0 Å². The Bertz CT molecular complexity index is 355. The summed E-state index contributed by atoms with van der Waals surface area (Å²) in [7, 11) is 0. The second-order valence-corrected chi connectivity index (χ2v) is 5.41. The average Bonchev–Trinajstić information content (AvgIpc) is 3.25. The first-order valence-electron chi connectivity index (χ1n) is 8.43. The minimum absolute atomic E-state index is 0. The minimum atomic E-state index is 0. The summed E-state index contributed by atoms with van der Waals surface area (Å²) in [5.41, 5.74) is 2.97. The number of unbranched alkanes of at least 4 members (excludes halogenated alkanes) is 2. The molecule has 3 heteroatoms. The van der Waals surface area contributed by atoms with Gasteiger partial charge in [-0.05, 0) is 6.92 Å². The van der Waals surface area contributed by atoms with Gasteiger partial charge in [-0.2, -0.15) is 35.4 Å². The summed E-state index contributed by atoms with van der Waals surface area (Å²) < 4.78 is 4.01. The second-order valence-electron chi connectivity index (χ2n) is 5.19. The molecule has 0 saturated heterocycles. The zero-order valence-electron chi connectivity index (χ0n) is 14.9. The smallest absolute Gasteiger partial charge is 0.280 e. The standard InChI is InChI=1S/2C9H13.C2H5ClO.Zr/c2*1-2-3-6-9-7-4-5-8-9;1-2-4-3;/h2*4-5,7-8H,2-3,6H2,1H3;2H2,1H3;/q2*-1;;+2. The van der Waals surface area contributed by atoms with Gasteiger partial charge in [0.25, 0.3) is 0 Å². The summed E-state index contributed by atoms with van der Waals surface area (Å²) in [6, 6.07) is 17.2. The zero-order chi connectivity index (χ0) is 16.5. The van der Waals surface area contributed by atoms with Gasteiger partial charge in [0, 0.05) is 0 Å². The molecule has 1 nitrogen and oxygen atoms in total. The van der Waals surface area contributed by atoms with Crippen LogP contribution in [0.1, 0.15) is 57.6 Å². The molecule has 0 radical (unpaired) electrons. The monoisotopic (exact) mass is 412 g/mol. The molecule has 2 aromatic rings. The van der Waals surface area contributed by atoms with Crippen molar-refractivity contribution in [1.82, 2.24) is 0 Å². The van der Waals surface area contributed by atoms with E-state index in [1.807, 2.05) is 6.92 Å². The van der Waals surface area contributed by atoms with E-state index in [0.29, 0.717) is 6.61 Å². The van der Waals surface area contributed by atoms with E-state index < -0.39 is 0 Å². The molecule has 0 aliphatic heterocycles. The van der Waals surface area contributed by atoms with E-state index in [1.165, 1.54) is 49.7 Å². The van der Waals surface area contributed by atoms with Gasteiger partial charge in [-0.3, -0.25) is 4.29 Å². The fourth-order valence-corrected chi connectivity index (χ4v) is 1.92. The van der Waals surface area contributed by atoms with Gasteiger partial charge in [0.1, 0.15) is 0 Å². The molecule has 0 saturated carbocycles. The van der Waals surface area contributed by atoms with Gasteiger partial charge in [0.15, 0.2) is 0 Å². The summed E-state index contributed by atoms with van der Waals surface area (Å²) in [5.74, 6) is 0. The summed E-state index contributed by atoms with van der Waals surface area (Å²) in [5, 5.41) is 0. The third kappa shape index (κ3) is 16.5. The van der Waals surface area contributed by atoms with Gasteiger partial charge in [0.2, 0.25) is 0 Å². The van der Waals surface area contributed by atoms with Crippen LogP contribution in [0.5, 0.6) is 0 Å². The Morgan fingerprint density at radius 3 is 1.26 bits per heavy atom. The van der Waals surface area contributed by atoms with Gasteiger partial charge in [-0.15, -0.1) is 0 Å². The molecule has 0 aliphatic rings. The Kier molecular flexibility index (Phi) is 21.7. The van der Waals surface area contributed by atoms with Crippen molar-refractivity contribution in [2.75, 3.05) is 6.61 Å². The molecule has 0 amide bonds. The minimum Gasteiger partial charge on any atom is -0.280 e. The maximum Gasteiger partial charge on any atom is 2.00 e. The van der Waals surface area contributed by atoms with Gasteiger partial charge in [-0.25, -0.2) is 24.3 Å². The predicted octanol–water partition coefficient (Wildman–Crippen LogP) is 6.67. The first-order valence-corrected chi connectivity index (χ1v) is 8.73. The van der Waals surface area contributed by atoms with Gasteiger partial charge >= 0.3 is 26.2 Å². The maximum atomic E-state index is 4.69. The Morgan fingerprint density at radius 1 is 0.739 bits per heavy atom. The third-order valence-corrected chi connectivity index (χ3v) is 3.43. The summed E-state index contributed by atoms with van der Waals surface area (Å²) in [6.45, 7) is 6.86. The van der Waals surface area contributed by atoms with Crippen molar-refractivity contribution >= 4 is 11.9 Å². The van der Waals surface area contributed by atoms with Crippen LogP contribution in [-0.2, 0) is 43.3 Å². The van der Waals surface area contributed by atoms with Gasteiger partial charge < -0.3 is 0 Å². The van der Waals surface area contributed by atoms with Crippen LogP contribution in [0.3, 0.4) is 0 Å². The van der Waals surface area contributed by atoms with Crippen LogP contribution in [0.4, 0.5) is 0 Å². The van der Waals surface area contributed by atoms with E-state index in [-0.39, 0.29) is 26.2 Å². The van der Waals surface area contributed by atoms with E-state index in [4.69, 9.17) is 0 Å². The molecule has 0 aromatic heterocycles. The molecule has 0 atom stereocenters. The van der Waals surface area contributed by atoms with E-state index in [2.05, 4.69) is 78.5 Å². The molecule has 0 N–H and O–H groups in total. The molecular weight excluding hydrogens is 383 g/mol. The fraction of sp³-hybridized carbons (Fsp3) is 0.500. The average molecular weight is 414 g/mol. The summed E-state index contributed by atoms with van der Waals surface area (Å²) in [4.78, 5) is 0. The van der Waals surface area contributed by atoms with Crippen molar-refractivity contribution in [2.24, 2.45) is 0 Å². The van der Waals surface area contributed by atoms with Crippen LogP contribution < -0.4 is 0 Å². The first kappa shape index (κ1) is 25.1. The van der Waals surface area contributed by atoms with Crippen LogP contribution in [0.15, 0.2) is 48.5 Å². The van der Waals surface area contributed by atoms with Crippen LogP contribution >= 0.6 is 11.9 Å². The van der Waals surface area contributed by atoms with Crippen molar-refractivity contribution in [3.8, 4) is 0 Å². The van der Waals surface area contributed by atoms with Gasteiger partial charge in [0.05, 0.1) is 18.5 Å². The van der Waals surface area contributed by atoms with Crippen LogP contribution in [0.2, 0.25) is 0 Å². The molecular formula is C20H31ClOZr. The molecule has 128 valence electrons. The Morgan fingerprint density at radius 2 is 1.04 bits per heavy atom. The fourth-order valence-electron chi connectivity index (χ4n) is 1.92. The molecule has 23 heavy (non-hydrogen) atoms. The van der Waals surface area contributed by atoms with Crippen LogP contribution in [0.25, 0.3) is 0 Å². The second kappa shape index (κ2) is 19.9. The molecule has 0 bridgehead atoms. The van der Waals surface area contributed by atoms with E-state index in [9.17, 15) is 0 Å². The van der Waals surface area contributed by atoms with Gasteiger partial charge in [-0.1, -0.05) is 52.4 Å².